The Bertz CT molecular complexity index is 401. The molecule has 1 aliphatic carbocycles. The van der Waals surface area contributed by atoms with E-state index < -0.39 is 0 Å². The summed E-state index contributed by atoms with van der Waals surface area (Å²) in [6.45, 7) is 3.29. The molecule has 3 heteroatoms. The number of halogens is 1. The van der Waals surface area contributed by atoms with Crippen molar-refractivity contribution in [1.82, 2.24) is 5.32 Å². The molecule has 1 fully saturated rings. The molecule has 0 bridgehead atoms. The van der Waals surface area contributed by atoms with Crippen LogP contribution in [-0.2, 0) is 0 Å². The number of rotatable bonds is 5. The summed E-state index contributed by atoms with van der Waals surface area (Å²) in [6.07, 6.45) is 9.11. The van der Waals surface area contributed by atoms with Crippen molar-refractivity contribution < 1.29 is 0 Å². The number of hydrogen-bond donors (Lipinski definition) is 1. The summed E-state index contributed by atoms with van der Waals surface area (Å²) >= 11 is 8.30. The monoisotopic (exact) mass is 297 g/mol. The summed E-state index contributed by atoms with van der Waals surface area (Å²) in [4.78, 5) is 0. The Morgan fingerprint density at radius 1 is 1.26 bits per heavy atom. The molecule has 0 aliphatic heterocycles. The number of hydrogen-bond acceptors (Lipinski definition) is 2. The van der Waals surface area contributed by atoms with Crippen molar-refractivity contribution in [3.63, 3.8) is 0 Å². The fraction of sp³-hybridized carbons (Fsp3) is 0.625. The predicted octanol–water partition coefficient (Wildman–Crippen LogP) is 5.06. The van der Waals surface area contributed by atoms with Crippen LogP contribution >= 0.6 is 23.4 Å². The zero-order chi connectivity index (χ0) is 13.7. The molecule has 1 atom stereocenters. The highest BCUT2D eigenvalue weighted by atomic mass is 35.5. The normalized spacial score (nSPS) is 20.2. The molecule has 0 aromatic heterocycles. The highest BCUT2D eigenvalue weighted by molar-refractivity contribution is 8.00. The lowest BCUT2D eigenvalue weighted by Crippen LogP contribution is -2.40. The Labute approximate surface area is 126 Å². The molecule has 2 rings (SSSR count). The first-order valence-corrected chi connectivity index (χ1v) is 8.80. The van der Waals surface area contributed by atoms with Gasteiger partial charge in [-0.3, -0.25) is 0 Å². The predicted molar refractivity (Wildman–Crippen MR) is 87.2 cm³/mol. The number of benzene rings is 1. The second kappa shape index (κ2) is 7.01. The van der Waals surface area contributed by atoms with Crippen LogP contribution in [0.2, 0.25) is 5.02 Å². The van der Waals surface area contributed by atoms with E-state index in [0.29, 0.717) is 10.8 Å². The van der Waals surface area contributed by atoms with E-state index in [2.05, 4.69) is 30.6 Å². The summed E-state index contributed by atoms with van der Waals surface area (Å²) in [7, 11) is 0. The Morgan fingerprint density at radius 3 is 2.58 bits per heavy atom. The van der Waals surface area contributed by atoms with Crippen molar-refractivity contribution in [3.05, 3.63) is 34.9 Å². The van der Waals surface area contributed by atoms with Crippen LogP contribution in [0.1, 0.15) is 50.6 Å². The van der Waals surface area contributed by atoms with E-state index in [1.165, 1.54) is 37.7 Å². The van der Waals surface area contributed by atoms with Crippen LogP contribution in [-0.4, -0.2) is 17.5 Å². The summed E-state index contributed by atoms with van der Waals surface area (Å²) in [6, 6.07) is 8.46. The van der Waals surface area contributed by atoms with Gasteiger partial charge >= 0.3 is 0 Å². The summed E-state index contributed by atoms with van der Waals surface area (Å²) in [5.41, 5.74) is 1.20. The van der Waals surface area contributed by atoms with Gasteiger partial charge in [-0.25, -0.2) is 0 Å². The van der Waals surface area contributed by atoms with Gasteiger partial charge in [0.1, 0.15) is 0 Å². The van der Waals surface area contributed by atoms with E-state index in [4.69, 9.17) is 11.6 Å². The van der Waals surface area contributed by atoms with Crippen LogP contribution in [0.25, 0.3) is 0 Å². The summed E-state index contributed by atoms with van der Waals surface area (Å²) in [5.74, 6) is 0. The summed E-state index contributed by atoms with van der Waals surface area (Å²) in [5, 5.41) is 4.56. The lowest BCUT2D eigenvalue weighted by molar-refractivity contribution is 0.367. The maximum atomic E-state index is 6.26. The third-order valence-electron chi connectivity index (χ3n) is 4.30. The first-order valence-electron chi connectivity index (χ1n) is 7.20. The topological polar surface area (TPSA) is 12.0 Å². The van der Waals surface area contributed by atoms with E-state index in [1.807, 2.05) is 23.9 Å². The molecule has 19 heavy (non-hydrogen) atoms. The van der Waals surface area contributed by atoms with E-state index >= 15 is 0 Å². The molecule has 1 saturated carbocycles. The molecule has 0 spiro atoms. The standard InChI is InChI=1S/C16H24ClNS/c1-13(14-8-4-5-9-15(14)17)18-12-16(19-2)10-6-3-7-11-16/h4-5,8-9,13,18H,3,6-7,10-12H2,1-2H3. The van der Waals surface area contributed by atoms with E-state index in [9.17, 15) is 0 Å². The van der Waals surface area contributed by atoms with E-state index in [0.717, 1.165) is 11.6 Å². The maximum Gasteiger partial charge on any atom is 0.0453 e. The molecule has 1 N–H and O–H groups in total. The molecule has 1 aromatic carbocycles. The Morgan fingerprint density at radius 2 is 1.95 bits per heavy atom. The number of nitrogens with one attached hydrogen (secondary N) is 1. The van der Waals surface area contributed by atoms with Gasteiger partial charge < -0.3 is 5.32 Å². The first-order chi connectivity index (χ1) is 9.17. The highest BCUT2D eigenvalue weighted by Crippen LogP contribution is 2.38. The lowest BCUT2D eigenvalue weighted by atomic mass is 9.88. The van der Waals surface area contributed by atoms with Crippen molar-refractivity contribution in [3.8, 4) is 0 Å². The van der Waals surface area contributed by atoms with Gasteiger partial charge in [-0.2, -0.15) is 11.8 Å². The molecule has 1 aromatic rings. The fourth-order valence-corrected chi connectivity index (χ4v) is 4.15. The Hall–Kier alpha value is -0.180. The molecule has 0 saturated heterocycles. The van der Waals surface area contributed by atoms with Crippen LogP contribution in [0, 0.1) is 0 Å². The van der Waals surface area contributed by atoms with Crippen molar-refractivity contribution >= 4 is 23.4 Å². The third kappa shape index (κ3) is 3.90. The zero-order valence-electron chi connectivity index (χ0n) is 11.9. The third-order valence-corrected chi connectivity index (χ3v) is 6.06. The van der Waals surface area contributed by atoms with Crippen molar-refractivity contribution in [2.24, 2.45) is 0 Å². The van der Waals surface area contributed by atoms with Crippen LogP contribution in [0.5, 0.6) is 0 Å². The minimum atomic E-state index is 0.319. The van der Waals surface area contributed by atoms with Gasteiger partial charge in [-0.15, -0.1) is 0 Å². The lowest BCUT2D eigenvalue weighted by Gasteiger charge is -2.37. The Balaban J connectivity index is 1.95. The minimum absolute atomic E-state index is 0.319. The average Bonchev–Trinajstić information content (AvgIpc) is 2.46. The van der Waals surface area contributed by atoms with Crippen molar-refractivity contribution in [2.75, 3.05) is 12.8 Å². The minimum Gasteiger partial charge on any atom is -0.309 e. The van der Waals surface area contributed by atoms with Gasteiger partial charge in [0.15, 0.2) is 0 Å². The first kappa shape index (κ1) is 15.2. The molecular weight excluding hydrogens is 274 g/mol. The molecule has 106 valence electrons. The maximum absolute atomic E-state index is 6.26. The van der Waals surface area contributed by atoms with Gasteiger partial charge in [0.05, 0.1) is 0 Å². The van der Waals surface area contributed by atoms with E-state index in [-0.39, 0.29) is 0 Å². The van der Waals surface area contributed by atoms with Crippen molar-refractivity contribution in [1.29, 1.82) is 0 Å². The van der Waals surface area contributed by atoms with Crippen LogP contribution in [0.15, 0.2) is 24.3 Å². The van der Waals surface area contributed by atoms with Crippen LogP contribution in [0.4, 0.5) is 0 Å². The fourth-order valence-electron chi connectivity index (χ4n) is 2.92. The SMILES string of the molecule is CSC1(CNC(C)c2ccccc2Cl)CCCCC1. The smallest absolute Gasteiger partial charge is 0.0453 e. The van der Waals surface area contributed by atoms with Gasteiger partial charge in [0.2, 0.25) is 0 Å². The molecule has 0 heterocycles. The Kier molecular flexibility index (Phi) is 5.61. The highest BCUT2D eigenvalue weighted by Gasteiger charge is 2.31. The van der Waals surface area contributed by atoms with E-state index in [1.54, 1.807) is 0 Å². The van der Waals surface area contributed by atoms with Gasteiger partial charge in [0.25, 0.3) is 0 Å². The average molecular weight is 298 g/mol. The molecule has 0 radical (unpaired) electrons. The molecule has 1 unspecified atom stereocenters. The quantitative estimate of drug-likeness (QED) is 0.815. The summed E-state index contributed by atoms with van der Waals surface area (Å²) < 4.78 is 0.438. The van der Waals surface area contributed by atoms with Gasteiger partial charge in [-0.05, 0) is 37.7 Å². The van der Waals surface area contributed by atoms with Crippen LogP contribution in [0.3, 0.4) is 0 Å². The molecule has 0 amide bonds. The second-order valence-corrected chi connectivity index (χ2v) is 7.25. The van der Waals surface area contributed by atoms with Crippen LogP contribution < -0.4 is 5.32 Å². The largest absolute Gasteiger partial charge is 0.309 e. The molecule has 1 nitrogen and oxygen atoms in total. The second-order valence-electron chi connectivity index (χ2n) is 5.57. The molecular formula is C16H24ClNS. The number of thioether (sulfide) groups is 1. The zero-order valence-corrected chi connectivity index (χ0v) is 13.5. The van der Waals surface area contributed by atoms with Crippen molar-refractivity contribution in [2.45, 2.75) is 49.8 Å². The van der Waals surface area contributed by atoms with Gasteiger partial charge in [-0.1, -0.05) is 49.1 Å². The molecule has 1 aliphatic rings. The van der Waals surface area contributed by atoms with Gasteiger partial charge in [0, 0.05) is 22.4 Å².